The summed E-state index contributed by atoms with van der Waals surface area (Å²) in [4.78, 5) is 12.4. The van der Waals surface area contributed by atoms with Crippen LogP contribution in [-0.4, -0.2) is 26.6 Å². The Balaban J connectivity index is 1.59. The highest BCUT2D eigenvalue weighted by molar-refractivity contribution is 7.89. The van der Waals surface area contributed by atoms with E-state index in [0.29, 0.717) is 17.0 Å². The molecule has 0 aromatic heterocycles. The maximum absolute atomic E-state index is 12.4. The van der Waals surface area contributed by atoms with Gasteiger partial charge in [-0.05, 0) is 61.6 Å². The Bertz CT molecular complexity index is 681. The average molecular weight is 335 g/mol. The van der Waals surface area contributed by atoms with Gasteiger partial charge >= 0.3 is 0 Å². The summed E-state index contributed by atoms with van der Waals surface area (Å²) in [5, 5.41) is 3.13. The van der Waals surface area contributed by atoms with E-state index < -0.39 is 9.84 Å². The van der Waals surface area contributed by atoms with Gasteiger partial charge in [-0.15, -0.1) is 0 Å². The zero-order chi connectivity index (χ0) is 16.6. The molecule has 2 saturated carbocycles. The lowest BCUT2D eigenvalue weighted by molar-refractivity contribution is 0.0915. The largest absolute Gasteiger partial charge is 0.349 e. The van der Waals surface area contributed by atoms with Crippen LogP contribution in [0.5, 0.6) is 0 Å². The summed E-state index contributed by atoms with van der Waals surface area (Å²) < 4.78 is 22.6. The molecule has 3 rings (SSSR count). The van der Waals surface area contributed by atoms with Crippen molar-refractivity contribution in [2.75, 3.05) is 6.26 Å². The zero-order valence-corrected chi connectivity index (χ0v) is 14.6. The predicted molar refractivity (Wildman–Crippen MR) is 90.9 cm³/mol. The molecule has 1 aromatic carbocycles. The highest BCUT2D eigenvalue weighted by atomic mass is 32.2. The first-order valence-corrected chi connectivity index (χ1v) is 10.5. The van der Waals surface area contributed by atoms with E-state index in [2.05, 4.69) is 12.2 Å². The van der Waals surface area contributed by atoms with Crippen molar-refractivity contribution in [3.63, 3.8) is 0 Å². The molecule has 1 N–H and O–H groups in total. The molecule has 0 saturated heterocycles. The Hall–Kier alpha value is -1.36. The molecule has 23 heavy (non-hydrogen) atoms. The fraction of sp³-hybridized carbons (Fsp3) is 0.611. The van der Waals surface area contributed by atoms with Gasteiger partial charge in [0.2, 0.25) is 0 Å². The molecule has 0 radical (unpaired) electrons. The first kappa shape index (κ1) is 16.5. The number of rotatable bonds is 5. The predicted octanol–water partition coefficient (Wildman–Crippen LogP) is 2.79. The number of hydrogen-bond acceptors (Lipinski definition) is 3. The molecule has 4 nitrogen and oxygen atoms in total. The van der Waals surface area contributed by atoms with Gasteiger partial charge < -0.3 is 5.32 Å². The number of nitrogens with one attached hydrogen (secondary N) is 1. The number of carbonyl (C=O) groups excluding carboxylic acids is 1. The van der Waals surface area contributed by atoms with Gasteiger partial charge in [-0.25, -0.2) is 8.42 Å². The van der Waals surface area contributed by atoms with Gasteiger partial charge in [0.15, 0.2) is 9.84 Å². The minimum atomic E-state index is -3.05. The third kappa shape index (κ3) is 3.94. The number of fused-ring (bicyclic) bond motifs is 2. The van der Waals surface area contributed by atoms with E-state index >= 15 is 0 Å². The van der Waals surface area contributed by atoms with Crippen LogP contribution in [-0.2, 0) is 15.6 Å². The Labute approximate surface area is 138 Å². The van der Waals surface area contributed by atoms with Crippen molar-refractivity contribution in [2.45, 2.75) is 44.4 Å². The molecule has 126 valence electrons. The van der Waals surface area contributed by atoms with Crippen LogP contribution < -0.4 is 5.32 Å². The van der Waals surface area contributed by atoms with E-state index in [-0.39, 0.29) is 17.7 Å². The monoisotopic (exact) mass is 335 g/mol. The maximum Gasteiger partial charge on any atom is 0.251 e. The summed E-state index contributed by atoms with van der Waals surface area (Å²) in [6.07, 6.45) is 6.48. The summed E-state index contributed by atoms with van der Waals surface area (Å²) in [5.41, 5.74) is 1.31. The second-order valence-electron chi connectivity index (χ2n) is 7.37. The Morgan fingerprint density at radius 2 is 1.91 bits per heavy atom. The molecule has 0 spiro atoms. The van der Waals surface area contributed by atoms with Crippen LogP contribution in [0.2, 0.25) is 0 Å². The SMILES string of the molecule is C[C@H](NC(=O)c1ccc(CS(C)(=O)=O)cc1)[C@@H]1C[C@H]2CC[C@H]1C2. The molecule has 2 aliphatic carbocycles. The topological polar surface area (TPSA) is 63.2 Å². The Morgan fingerprint density at radius 1 is 1.22 bits per heavy atom. The van der Waals surface area contributed by atoms with E-state index in [1.807, 2.05) is 0 Å². The molecule has 4 atom stereocenters. The number of carbonyl (C=O) groups is 1. The number of sulfone groups is 1. The number of benzene rings is 1. The van der Waals surface area contributed by atoms with E-state index in [1.54, 1.807) is 24.3 Å². The van der Waals surface area contributed by atoms with Crippen molar-refractivity contribution in [1.29, 1.82) is 0 Å². The van der Waals surface area contributed by atoms with Gasteiger partial charge in [0.1, 0.15) is 0 Å². The van der Waals surface area contributed by atoms with E-state index in [1.165, 1.54) is 31.9 Å². The van der Waals surface area contributed by atoms with Crippen molar-refractivity contribution in [3.05, 3.63) is 35.4 Å². The molecular formula is C18H25NO3S. The Morgan fingerprint density at radius 3 is 2.43 bits per heavy atom. The van der Waals surface area contributed by atoms with Crippen molar-refractivity contribution in [2.24, 2.45) is 17.8 Å². The van der Waals surface area contributed by atoms with E-state index in [4.69, 9.17) is 0 Å². The summed E-state index contributed by atoms with van der Waals surface area (Å²) in [6.45, 7) is 2.11. The van der Waals surface area contributed by atoms with E-state index in [0.717, 1.165) is 11.8 Å². The van der Waals surface area contributed by atoms with Gasteiger partial charge in [0.25, 0.3) is 5.91 Å². The molecule has 2 aliphatic rings. The fourth-order valence-corrected chi connectivity index (χ4v) is 5.16. The van der Waals surface area contributed by atoms with Crippen molar-refractivity contribution >= 4 is 15.7 Å². The van der Waals surface area contributed by atoms with Gasteiger partial charge in [-0.1, -0.05) is 18.6 Å². The summed E-state index contributed by atoms with van der Waals surface area (Å²) in [6, 6.07) is 7.07. The van der Waals surface area contributed by atoms with Crippen LogP contribution in [0.3, 0.4) is 0 Å². The summed E-state index contributed by atoms with van der Waals surface area (Å²) >= 11 is 0. The second-order valence-corrected chi connectivity index (χ2v) is 9.51. The quantitative estimate of drug-likeness (QED) is 0.900. The van der Waals surface area contributed by atoms with Crippen LogP contribution in [0.1, 0.15) is 48.5 Å². The fourth-order valence-electron chi connectivity index (χ4n) is 4.36. The molecule has 1 aromatic rings. The molecule has 1 amide bonds. The van der Waals surface area contributed by atoms with Gasteiger partial charge in [-0.2, -0.15) is 0 Å². The van der Waals surface area contributed by atoms with Crippen LogP contribution in [0.25, 0.3) is 0 Å². The third-order valence-corrected chi connectivity index (χ3v) is 6.30. The van der Waals surface area contributed by atoms with Crippen molar-refractivity contribution in [1.82, 2.24) is 5.32 Å². The van der Waals surface area contributed by atoms with Gasteiger partial charge in [0, 0.05) is 17.9 Å². The summed E-state index contributed by atoms with van der Waals surface area (Å²) in [7, 11) is -3.05. The standard InChI is InChI=1S/C18H25NO3S/c1-12(17-10-14-5-8-16(17)9-14)19-18(20)15-6-3-13(4-7-15)11-23(2,21)22/h3-4,6-7,12,14,16-17H,5,8-11H2,1-2H3,(H,19,20)/t12-,14-,16-,17-/m0/s1. The lowest BCUT2D eigenvalue weighted by atomic mass is 9.84. The highest BCUT2D eigenvalue weighted by Gasteiger charge is 2.42. The molecule has 2 bridgehead atoms. The highest BCUT2D eigenvalue weighted by Crippen LogP contribution is 2.49. The van der Waals surface area contributed by atoms with Crippen molar-refractivity contribution < 1.29 is 13.2 Å². The molecular weight excluding hydrogens is 310 g/mol. The Kier molecular flexibility index (Phi) is 4.50. The summed E-state index contributed by atoms with van der Waals surface area (Å²) in [5.74, 6) is 2.22. The smallest absolute Gasteiger partial charge is 0.251 e. The second kappa shape index (κ2) is 6.27. The lowest BCUT2D eigenvalue weighted by Crippen LogP contribution is -2.40. The van der Waals surface area contributed by atoms with Crippen LogP contribution >= 0.6 is 0 Å². The minimum absolute atomic E-state index is 0.0104. The van der Waals surface area contributed by atoms with Crippen LogP contribution in [0, 0.1) is 17.8 Å². The molecule has 0 unspecified atom stereocenters. The molecule has 5 heteroatoms. The number of hydrogen-bond donors (Lipinski definition) is 1. The first-order chi connectivity index (χ1) is 10.8. The van der Waals surface area contributed by atoms with E-state index in [9.17, 15) is 13.2 Å². The van der Waals surface area contributed by atoms with Gasteiger partial charge in [0.05, 0.1) is 5.75 Å². The van der Waals surface area contributed by atoms with Crippen LogP contribution in [0.15, 0.2) is 24.3 Å². The average Bonchev–Trinajstić information content (AvgIpc) is 3.08. The van der Waals surface area contributed by atoms with Crippen LogP contribution in [0.4, 0.5) is 0 Å². The normalized spacial score (nSPS) is 27.8. The van der Waals surface area contributed by atoms with Gasteiger partial charge in [-0.3, -0.25) is 4.79 Å². The van der Waals surface area contributed by atoms with Crippen molar-refractivity contribution in [3.8, 4) is 0 Å². The lowest BCUT2D eigenvalue weighted by Gasteiger charge is -2.28. The molecule has 0 heterocycles. The zero-order valence-electron chi connectivity index (χ0n) is 13.8. The molecule has 2 fully saturated rings. The minimum Gasteiger partial charge on any atom is -0.349 e. The number of amides is 1. The third-order valence-electron chi connectivity index (χ3n) is 5.44. The maximum atomic E-state index is 12.4. The first-order valence-electron chi connectivity index (χ1n) is 8.39. The molecule has 0 aliphatic heterocycles.